The third kappa shape index (κ3) is 3.13. The molecule has 0 unspecified atom stereocenters. The van der Waals surface area contributed by atoms with Gasteiger partial charge in [0.1, 0.15) is 0 Å². The number of carbonyl (C=O) groups excluding carboxylic acids is 3. The summed E-state index contributed by atoms with van der Waals surface area (Å²) in [5.74, 6) is -0.571. The van der Waals surface area contributed by atoms with Gasteiger partial charge < -0.3 is 5.32 Å². The molecule has 27 heavy (non-hydrogen) atoms. The second-order valence-corrected chi connectivity index (χ2v) is 6.83. The summed E-state index contributed by atoms with van der Waals surface area (Å²) < 4.78 is 1.47. The molecule has 134 valence electrons. The van der Waals surface area contributed by atoms with Crippen molar-refractivity contribution in [3.8, 4) is 0 Å². The van der Waals surface area contributed by atoms with Gasteiger partial charge in [0.05, 0.1) is 5.75 Å². The van der Waals surface area contributed by atoms with Crippen molar-refractivity contribution >= 4 is 34.9 Å². The largest absolute Gasteiger partial charge is 0.325 e. The Labute approximate surface area is 158 Å². The minimum Gasteiger partial charge on any atom is -0.325 e. The van der Waals surface area contributed by atoms with Gasteiger partial charge in [-0.3, -0.25) is 14.4 Å². The molecule has 1 aliphatic rings. The highest BCUT2D eigenvalue weighted by Crippen LogP contribution is 2.29. The van der Waals surface area contributed by atoms with Crippen LogP contribution >= 0.6 is 11.8 Å². The first kappa shape index (κ1) is 17.1. The van der Waals surface area contributed by atoms with E-state index in [0.717, 1.165) is 0 Å². The van der Waals surface area contributed by atoms with Gasteiger partial charge in [-0.1, -0.05) is 36.0 Å². The zero-order chi connectivity index (χ0) is 19.0. The molecule has 0 bridgehead atoms. The molecule has 1 aliphatic carbocycles. The number of fused-ring (bicyclic) bond motifs is 2. The van der Waals surface area contributed by atoms with Gasteiger partial charge in [-0.05, 0) is 28.6 Å². The minimum atomic E-state index is -0.266. The zero-order valence-electron chi connectivity index (χ0n) is 14.2. The minimum absolute atomic E-state index is 0.112. The maximum absolute atomic E-state index is 12.7. The number of nitrogens with zero attached hydrogens (tertiary/aromatic N) is 4. The summed E-state index contributed by atoms with van der Waals surface area (Å²) in [5.41, 5.74) is 1.87. The molecule has 1 N–H and O–H groups in total. The fourth-order valence-corrected chi connectivity index (χ4v) is 3.50. The van der Waals surface area contributed by atoms with Crippen molar-refractivity contribution in [1.29, 1.82) is 0 Å². The second-order valence-electron chi connectivity index (χ2n) is 5.89. The van der Waals surface area contributed by atoms with Gasteiger partial charge in [0.25, 0.3) is 0 Å². The monoisotopic (exact) mass is 379 g/mol. The smallest absolute Gasteiger partial charge is 0.234 e. The number of carbonyl (C=O) groups is 3. The molecule has 0 saturated carbocycles. The number of benzene rings is 2. The first-order valence-corrected chi connectivity index (χ1v) is 9.00. The highest BCUT2D eigenvalue weighted by molar-refractivity contribution is 7.99. The molecule has 1 heterocycles. The third-order valence-corrected chi connectivity index (χ3v) is 5.13. The lowest BCUT2D eigenvalue weighted by atomic mass is 9.84. The number of thioether (sulfide) groups is 1. The Morgan fingerprint density at radius 1 is 1.04 bits per heavy atom. The van der Waals surface area contributed by atoms with E-state index in [1.807, 2.05) is 0 Å². The average Bonchev–Trinajstić information content (AvgIpc) is 3.09. The number of aryl methyl sites for hydroxylation is 1. The Balaban J connectivity index is 1.53. The number of ketones is 2. The zero-order valence-corrected chi connectivity index (χ0v) is 15.0. The van der Waals surface area contributed by atoms with Gasteiger partial charge >= 0.3 is 0 Å². The van der Waals surface area contributed by atoms with Crippen molar-refractivity contribution in [2.24, 2.45) is 7.05 Å². The number of tetrazole rings is 1. The molecule has 3 aromatic rings. The van der Waals surface area contributed by atoms with Crippen LogP contribution in [-0.2, 0) is 11.8 Å². The van der Waals surface area contributed by atoms with E-state index in [1.165, 1.54) is 22.5 Å². The van der Waals surface area contributed by atoms with Gasteiger partial charge in [-0.15, -0.1) is 5.10 Å². The number of hydrogen-bond donors (Lipinski definition) is 1. The molecule has 8 nitrogen and oxygen atoms in total. The van der Waals surface area contributed by atoms with Crippen LogP contribution in [0.15, 0.2) is 47.6 Å². The molecule has 2 aromatic carbocycles. The molecule has 0 radical (unpaired) electrons. The van der Waals surface area contributed by atoms with Crippen molar-refractivity contribution in [2.75, 3.05) is 11.1 Å². The highest BCUT2D eigenvalue weighted by atomic mass is 32.2. The van der Waals surface area contributed by atoms with E-state index in [0.29, 0.717) is 33.1 Å². The number of hydrogen-bond acceptors (Lipinski definition) is 7. The number of nitrogens with one attached hydrogen (secondary N) is 1. The summed E-state index contributed by atoms with van der Waals surface area (Å²) in [4.78, 5) is 37.5. The van der Waals surface area contributed by atoms with E-state index in [9.17, 15) is 14.4 Å². The third-order valence-electron chi connectivity index (χ3n) is 4.12. The predicted octanol–water partition coefficient (Wildman–Crippen LogP) is 1.72. The van der Waals surface area contributed by atoms with Gasteiger partial charge in [-0.2, -0.15) is 0 Å². The Morgan fingerprint density at radius 3 is 2.37 bits per heavy atom. The molecular formula is C18H13N5O3S. The summed E-state index contributed by atoms with van der Waals surface area (Å²) in [7, 11) is 1.68. The van der Waals surface area contributed by atoms with Crippen LogP contribution in [0, 0.1) is 0 Å². The molecule has 1 amide bonds. The van der Waals surface area contributed by atoms with Crippen LogP contribution in [-0.4, -0.2) is 43.4 Å². The van der Waals surface area contributed by atoms with E-state index in [4.69, 9.17) is 0 Å². The lowest BCUT2D eigenvalue weighted by Crippen LogP contribution is -2.21. The summed E-state index contributed by atoms with van der Waals surface area (Å²) in [5, 5.41) is 14.2. The predicted molar refractivity (Wildman–Crippen MR) is 97.9 cm³/mol. The second kappa shape index (κ2) is 6.76. The number of amides is 1. The summed E-state index contributed by atoms with van der Waals surface area (Å²) >= 11 is 1.20. The van der Waals surface area contributed by atoms with Crippen LogP contribution in [0.3, 0.4) is 0 Å². The Hall–Kier alpha value is -3.33. The Bertz CT molecular complexity index is 1090. The van der Waals surface area contributed by atoms with E-state index in [1.54, 1.807) is 43.4 Å². The number of anilines is 1. The van der Waals surface area contributed by atoms with Crippen LogP contribution < -0.4 is 5.32 Å². The molecule has 0 atom stereocenters. The first-order valence-electron chi connectivity index (χ1n) is 8.02. The molecular weight excluding hydrogens is 366 g/mol. The average molecular weight is 379 g/mol. The van der Waals surface area contributed by atoms with Gasteiger partial charge in [0, 0.05) is 35.0 Å². The van der Waals surface area contributed by atoms with Crippen LogP contribution in [0.5, 0.6) is 0 Å². The Morgan fingerprint density at radius 2 is 1.70 bits per heavy atom. The molecule has 0 saturated heterocycles. The van der Waals surface area contributed by atoms with Gasteiger partial charge in [0.15, 0.2) is 11.6 Å². The van der Waals surface area contributed by atoms with E-state index in [-0.39, 0.29) is 23.2 Å². The SMILES string of the molecule is Cn1nnnc1SCC(=O)Nc1ccc2c(c1)C(=O)c1ccccc1C2=O. The molecule has 0 aliphatic heterocycles. The maximum Gasteiger partial charge on any atom is 0.234 e. The Kier molecular flexibility index (Phi) is 4.28. The number of aromatic nitrogens is 4. The summed E-state index contributed by atoms with van der Waals surface area (Å²) in [6.45, 7) is 0. The molecule has 0 spiro atoms. The van der Waals surface area contributed by atoms with Gasteiger partial charge in [0.2, 0.25) is 11.1 Å². The van der Waals surface area contributed by atoms with Crippen molar-refractivity contribution in [2.45, 2.75) is 5.16 Å². The van der Waals surface area contributed by atoms with Crippen molar-refractivity contribution in [3.63, 3.8) is 0 Å². The quantitative estimate of drug-likeness (QED) is 0.538. The van der Waals surface area contributed by atoms with Crippen LogP contribution in [0.1, 0.15) is 31.8 Å². The maximum atomic E-state index is 12.7. The number of rotatable bonds is 4. The van der Waals surface area contributed by atoms with Crippen molar-refractivity contribution in [3.05, 3.63) is 64.7 Å². The van der Waals surface area contributed by atoms with E-state index >= 15 is 0 Å². The van der Waals surface area contributed by atoms with Crippen LogP contribution in [0.25, 0.3) is 0 Å². The molecule has 4 rings (SSSR count). The molecule has 9 heteroatoms. The summed E-state index contributed by atoms with van der Waals surface area (Å²) in [6, 6.07) is 11.5. The first-order chi connectivity index (χ1) is 13.0. The fraction of sp³-hybridized carbons (Fsp3) is 0.111. The lowest BCUT2D eigenvalue weighted by molar-refractivity contribution is -0.113. The van der Waals surface area contributed by atoms with Crippen molar-refractivity contribution in [1.82, 2.24) is 20.2 Å². The topological polar surface area (TPSA) is 107 Å². The lowest BCUT2D eigenvalue weighted by Gasteiger charge is -2.18. The van der Waals surface area contributed by atoms with Gasteiger partial charge in [-0.25, -0.2) is 4.68 Å². The fourth-order valence-electron chi connectivity index (χ4n) is 2.85. The normalized spacial score (nSPS) is 12.5. The highest BCUT2D eigenvalue weighted by Gasteiger charge is 2.29. The van der Waals surface area contributed by atoms with Crippen LogP contribution in [0.2, 0.25) is 0 Å². The van der Waals surface area contributed by atoms with Crippen LogP contribution in [0.4, 0.5) is 5.69 Å². The van der Waals surface area contributed by atoms with E-state index < -0.39 is 0 Å². The molecule has 1 aromatic heterocycles. The standard InChI is InChI=1S/C18H13N5O3S/c1-23-18(20-21-22-23)27-9-15(24)19-10-6-7-13-14(8-10)17(26)12-5-3-2-4-11(12)16(13)25/h2-8H,9H2,1H3,(H,19,24). The van der Waals surface area contributed by atoms with Crippen molar-refractivity contribution < 1.29 is 14.4 Å². The molecule has 0 fully saturated rings. The van der Waals surface area contributed by atoms with E-state index in [2.05, 4.69) is 20.8 Å². The summed E-state index contributed by atoms with van der Waals surface area (Å²) in [6.07, 6.45) is 0.